The lowest BCUT2D eigenvalue weighted by molar-refractivity contribution is 0.873. The van der Waals surface area contributed by atoms with Gasteiger partial charge >= 0.3 is 0 Å². The van der Waals surface area contributed by atoms with E-state index >= 15 is 0 Å². The minimum atomic E-state index is 0.700. The Balaban J connectivity index is 2.43. The number of anilines is 1. The van der Waals surface area contributed by atoms with Gasteiger partial charge in [0.2, 0.25) is 0 Å². The molecule has 0 saturated heterocycles. The molecule has 0 aromatic carbocycles. The van der Waals surface area contributed by atoms with E-state index in [1.165, 1.54) is 0 Å². The van der Waals surface area contributed by atoms with Crippen LogP contribution in [0.2, 0.25) is 0 Å². The molecule has 0 amide bonds. The molecule has 100 valence electrons. The fraction of sp³-hybridized carbons (Fsp3) is 0.400. The lowest BCUT2D eigenvalue weighted by Gasteiger charge is -2.08. The minimum Gasteiger partial charge on any atom is -0.370 e. The number of hydrogen-bond donors (Lipinski definition) is 1. The summed E-state index contributed by atoms with van der Waals surface area (Å²) in [4.78, 5) is 13.6. The zero-order chi connectivity index (χ0) is 13.7. The molecule has 0 bridgehead atoms. The van der Waals surface area contributed by atoms with Gasteiger partial charge in [-0.1, -0.05) is 19.4 Å². The summed E-state index contributed by atoms with van der Waals surface area (Å²) in [5.74, 6) is 1.57. The van der Waals surface area contributed by atoms with E-state index in [-0.39, 0.29) is 0 Å². The summed E-state index contributed by atoms with van der Waals surface area (Å²) in [5, 5.41) is 3.25. The van der Waals surface area contributed by atoms with E-state index in [9.17, 15) is 0 Å². The van der Waals surface area contributed by atoms with Gasteiger partial charge in [-0.25, -0.2) is 15.0 Å². The van der Waals surface area contributed by atoms with Gasteiger partial charge in [0.15, 0.2) is 5.82 Å². The summed E-state index contributed by atoms with van der Waals surface area (Å²) in [7, 11) is 0. The Bertz CT molecular complexity index is 527. The summed E-state index contributed by atoms with van der Waals surface area (Å²) in [5.41, 5.74) is 2.87. The smallest absolute Gasteiger partial charge is 0.180 e. The molecule has 2 heterocycles. The van der Waals surface area contributed by atoms with E-state index in [0.29, 0.717) is 5.82 Å². The monoisotopic (exact) mass is 256 g/mol. The van der Waals surface area contributed by atoms with Gasteiger partial charge in [0.25, 0.3) is 0 Å². The lowest BCUT2D eigenvalue weighted by atomic mass is 10.2. The molecule has 0 spiro atoms. The van der Waals surface area contributed by atoms with Crippen LogP contribution in [0.1, 0.15) is 31.7 Å². The lowest BCUT2D eigenvalue weighted by Crippen LogP contribution is -2.04. The molecule has 1 N–H and O–H groups in total. The molecular weight excluding hydrogens is 236 g/mol. The number of aryl methyl sites for hydroxylation is 2. The van der Waals surface area contributed by atoms with Crippen molar-refractivity contribution in [3.63, 3.8) is 0 Å². The number of nitrogens with one attached hydrogen (secondary N) is 1. The van der Waals surface area contributed by atoms with Crippen molar-refractivity contribution in [2.24, 2.45) is 0 Å². The van der Waals surface area contributed by atoms with E-state index in [1.807, 2.05) is 31.2 Å². The van der Waals surface area contributed by atoms with Crippen LogP contribution in [0.3, 0.4) is 0 Å². The average Bonchev–Trinajstić information content (AvgIpc) is 2.39. The molecule has 0 saturated carbocycles. The molecule has 0 unspecified atom stereocenters. The average molecular weight is 256 g/mol. The van der Waals surface area contributed by atoms with E-state index in [0.717, 1.165) is 42.3 Å². The Morgan fingerprint density at radius 2 is 1.95 bits per heavy atom. The number of pyridine rings is 1. The van der Waals surface area contributed by atoms with Crippen molar-refractivity contribution < 1.29 is 0 Å². The highest BCUT2D eigenvalue weighted by Gasteiger charge is 2.07. The van der Waals surface area contributed by atoms with Crippen molar-refractivity contribution in [3.05, 3.63) is 35.7 Å². The predicted molar refractivity (Wildman–Crippen MR) is 78.2 cm³/mol. The number of aromatic nitrogens is 3. The van der Waals surface area contributed by atoms with Crippen molar-refractivity contribution in [2.75, 3.05) is 11.9 Å². The van der Waals surface area contributed by atoms with Gasteiger partial charge in [-0.3, -0.25) is 0 Å². The van der Waals surface area contributed by atoms with Gasteiger partial charge < -0.3 is 5.32 Å². The summed E-state index contributed by atoms with van der Waals surface area (Å²) in [6, 6.07) is 7.94. The summed E-state index contributed by atoms with van der Waals surface area (Å²) >= 11 is 0. The molecule has 4 heteroatoms. The zero-order valence-corrected chi connectivity index (χ0v) is 11.8. The Hall–Kier alpha value is -1.97. The maximum absolute atomic E-state index is 4.60. The van der Waals surface area contributed by atoms with Crippen LogP contribution in [0.5, 0.6) is 0 Å². The van der Waals surface area contributed by atoms with Crippen LogP contribution in [0.4, 0.5) is 5.82 Å². The van der Waals surface area contributed by atoms with Crippen molar-refractivity contribution in [3.8, 4) is 11.5 Å². The second kappa shape index (κ2) is 6.27. The van der Waals surface area contributed by atoms with Crippen molar-refractivity contribution >= 4 is 5.82 Å². The summed E-state index contributed by atoms with van der Waals surface area (Å²) < 4.78 is 0. The minimum absolute atomic E-state index is 0.700. The van der Waals surface area contributed by atoms with E-state index in [2.05, 4.69) is 34.1 Å². The molecule has 0 radical (unpaired) electrons. The number of rotatable bonds is 5. The first-order chi connectivity index (χ1) is 9.22. The number of nitrogens with zero attached hydrogens (tertiary/aromatic N) is 3. The first kappa shape index (κ1) is 13.5. The molecule has 0 fully saturated rings. The molecule has 2 aromatic heterocycles. The maximum Gasteiger partial charge on any atom is 0.180 e. The van der Waals surface area contributed by atoms with Gasteiger partial charge in [-0.2, -0.15) is 0 Å². The molecule has 0 aliphatic carbocycles. The highest BCUT2D eigenvalue weighted by Crippen LogP contribution is 2.17. The van der Waals surface area contributed by atoms with Crippen molar-refractivity contribution in [1.82, 2.24) is 15.0 Å². The SMILES string of the molecule is CCCc1cc(NCC)nc(-c2cccc(C)n2)n1. The van der Waals surface area contributed by atoms with Crippen LogP contribution in [-0.2, 0) is 6.42 Å². The fourth-order valence-electron chi connectivity index (χ4n) is 1.94. The van der Waals surface area contributed by atoms with Crippen LogP contribution in [0.25, 0.3) is 11.5 Å². The van der Waals surface area contributed by atoms with Crippen LogP contribution in [0.15, 0.2) is 24.3 Å². The van der Waals surface area contributed by atoms with Gasteiger partial charge in [0, 0.05) is 24.0 Å². The zero-order valence-electron chi connectivity index (χ0n) is 11.8. The molecule has 2 aromatic rings. The molecule has 0 aliphatic heterocycles. The Labute approximate surface area is 114 Å². The third kappa shape index (κ3) is 3.50. The third-order valence-electron chi connectivity index (χ3n) is 2.76. The maximum atomic E-state index is 4.60. The second-order valence-electron chi connectivity index (χ2n) is 4.51. The van der Waals surface area contributed by atoms with Crippen molar-refractivity contribution in [2.45, 2.75) is 33.6 Å². The quantitative estimate of drug-likeness (QED) is 0.892. The third-order valence-corrected chi connectivity index (χ3v) is 2.76. The standard InChI is InChI=1S/C15H20N4/c1-4-7-12-10-14(16-5-2)19-15(18-12)13-9-6-8-11(3)17-13/h6,8-10H,4-5,7H2,1-3H3,(H,16,18,19). The summed E-state index contributed by atoms with van der Waals surface area (Å²) in [6.45, 7) is 7.04. The molecule has 19 heavy (non-hydrogen) atoms. The Kier molecular flexibility index (Phi) is 4.44. The molecule has 4 nitrogen and oxygen atoms in total. The van der Waals surface area contributed by atoms with Gasteiger partial charge in [0.05, 0.1) is 0 Å². The van der Waals surface area contributed by atoms with Crippen LogP contribution in [-0.4, -0.2) is 21.5 Å². The normalized spacial score (nSPS) is 10.5. The van der Waals surface area contributed by atoms with Gasteiger partial charge in [0.1, 0.15) is 11.5 Å². The van der Waals surface area contributed by atoms with Gasteiger partial charge in [-0.15, -0.1) is 0 Å². The molecule has 0 aliphatic rings. The largest absolute Gasteiger partial charge is 0.370 e. The predicted octanol–water partition coefficient (Wildman–Crippen LogP) is 3.23. The fourth-order valence-corrected chi connectivity index (χ4v) is 1.94. The van der Waals surface area contributed by atoms with Gasteiger partial charge in [-0.05, 0) is 32.4 Å². The van der Waals surface area contributed by atoms with Crippen LogP contribution in [0, 0.1) is 6.92 Å². The first-order valence-corrected chi connectivity index (χ1v) is 6.78. The highest BCUT2D eigenvalue weighted by molar-refractivity contribution is 5.53. The molecule has 2 rings (SSSR count). The summed E-state index contributed by atoms with van der Waals surface area (Å²) in [6.07, 6.45) is 2.03. The molecule has 0 atom stereocenters. The first-order valence-electron chi connectivity index (χ1n) is 6.78. The van der Waals surface area contributed by atoms with E-state index < -0.39 is 0 Å². The Morgan fingerprint density at radius 3 is 2.63 bits per heavy atom. The Morgan fingerprint density at radius 1 is 1.11 bits per heavy atom. The van der Waals surface area contributed by atoms with Crippen LogP contribution < -0.4 is 5.32 Å². The second-order valence-corrected chi connectivity index (χ2v) is 4.51. The number of hydrogen-bond acceptors (Lipinski definition) is 4. The van der Waals surface area contributed by atoms with Crippen LogP contribution >= 0.6 is 0 Å². The van der Waals surface area contributed by atoms with Crippen molar-refractivity contribution in [1.29, 1.82) is 0 Å². The van der Waals surface area contributed by atoms with E-state index in [4.69, 9.17) is 0 Å². The topological polar surface area (TPSA) is 50.7 Å². The molecular formula is C15H20N4. The highest BCUT2D eigenvalue weighted by atomic mass is 15.0. The van der Waals surface area contributed by atoms with E-state index in [1.54, 1.807) is 0 Å².